The number of hydrogen-bond donors (Lipinski definition) is 1. The van der Waals surface area contributed by atoms with E-state index in [0.29, 0.717) is 5.69 Å². The van der Waals surface area contributed by atoms with Crippen molar-refractivity contribution in [3.05, 3.63) is 78.4 Å². The minimum Gasteiger partial charge on any atom is -0.339 e. The van der Waals surface area contributed by atoms with Crippen molar-refractivity contribution in [2.75, 3.05) is 5.32 Å². The van der Waals surface area contributed by atoms with Crippen LogP contribution in [0.4, 0.5) is 15.9 Å². The molecule has 0 aliphatic heterocycles. The molecule has 0 amide bonds. The molecule has 4 aromatic rings. The fourth-order valence-corrected chi connectivity index (χ4v) is 2.65. The standard InChI is InChI=1S/C19H15FN4/c1-13-8-10-24-17(11-13)23-18(16-7-2-3-9-21-16)19(24)22-15-6-4-5-14(20)12-15/h2-12,22H,1H3. The van der Waals surface area contributed by atoms with Crippen LogP contribution in [0.5, 0.6) is 0 Å². The van der Waals surface area contributed by atoms with Crippen LogP contribution in [0.1, 0.15) is 5.56 Å². The summed E-state index contributed by atoms with van der Waals surface area (Å²) in [5.41, 5.74) is 4.09. The van der Waals surface area contributed by atoms with Gasteiger partial charge in [0.1, 0.15) is 23.0 Å². The predicted molar refractivity (Wildman–Crippen MR) is 92.8 cm³/mol. The van der Waals surface area contributed by atoms with Crippen LogP contribution in [0.2, 0.25) is 0 Å². The second kappa shape index (κ2) is 5.77. The van der Waals surface area contributed by atoms with Gasteiger partial charge < -0.3 is 5.32 Å². The van der Waals surface area contributed by atoms with E-state index in [-0.39, 0.29) is 5.82 Å². The Bertz CT molecular complexity index is 1010. The van der Waals surface area contributed by atoms with Crippen LogP contribution in [-0.4, -0.2) is 14.4 Å². The number of aryl methyl sites for hydroxylation is 1. The molecule has 1 N–H and O–H groups in total. The number of nitrogens with zero attached hydrogens (tertiary/aromatic N) is 3. The second-order valence-electron chi connectivity index (χ2n) is 5.59. The number of fused-ring (bicyclic) bond motifs is 1. The first-order valence-electron chi connectivity index (χ1n) is 7.63. The smallest absolute Gasteiger partial charge is 0.144 e. The summed E-state index contributed by atoms with van der Waals surface area (Å²) in [6.45, 7) is 2.02. The van der Waals surface area contributed by atoms with E-state index in [1.165, 1.54) is 12.1 Å². The lowest BCUT2D eigenvalue weighted by Gasteiger charge is -2.09. The summed E-state index contributed by atoms with van der Waals surface area (Å²) < 4.78 is 15.5. The lowest BCUT2D eigenvalue weighted by molar-refractivity contribution is 0.628. The number of pyridine rings is 2. The first kappa shape index (κ1) is 14.4. The molecular formula is C19H15FN4. The molecule has 4 rings (SSSR count). The van der Waals surface area contributed by atoms with Crippen molar-refractivity contribution in [3.8, 4) is 11.4 Å². The van der Waals surface area contributed by atoms with Crippen molar-refractivity contribution in [1.82, 2.24) is 14.4 Å². The molecule has 24 heavy (non-hydrogen) atoms. The van der Waals surface area contributed by atoms with Crippen LogP contribution in [0.15, 0.2) is 67.0 Å². The molecule has 3 heterocycles. The fraction of sp³-hybridized carbons (Fsp3) is 0.0526. The van der Waals surface area contributed by atoms with E-state index >= 15 is 0 Å². The first-order chi connectivity index (χ1) is 11.7. The minimum atomic E-state index is -0.288. The van der Waals surface area contributed by atoms with Crippen LogP contribution in [0.25, 0.3) is 17.0 Å². The molecule has 3 aromatic heterocycles. The summed E-state index contributed by atoms with van der Waals surface area (Å²) in [7, 11) is 0. The molecule has 0 saturated carbocycles. The number of anilines is 2. The van der Waals surface area contributed by atoms with Crippen LogP contribution >= 0.6 is 0 Å². The Morgan fingerprint density at radius 1 is 1.04 bits per heavy atom. The quantitative estimate of drug-likeness (QED) is 0.601. The second-order valence-corrected chi connectivity index (χ2v) is 5.59. The fourth-order valence-electron chi connectivity index (χ4n) is 2.65. The number of nitrogens with one attached hydrogen (secondary N) is 1. The number of imidazole rings is 1. The molecule has 0 unspecified atom stereocenters. The molecule has 0 fully saturated rings. The van der Waals surface area contributed by atoms with Crippen molar-refractivity contribution in [1.29, 1.82) is 0 Å². The first-order valence-corrected chi connectivity index (χ1v) is 7.63. The average Bonchev–Trinajstić information content (AvgIpc) is 2.93. The number of benzene rings is 1. The van der Waals surface area contributed by atoms with Gasteiger partial charge in [-0.3, -0.25) is 9.38 Å². The Labute approximate surface area is 138 Å². The molecule has 5 heteroatoms. The average molecular weight is 318 g/mol. The Kier molecular flexibility index (Phi) is 3.46. The largest absolute Gasteiger partial charge is 0.339 e. The maximum Gasteiger partial charge on any atom is 0.144 e. The highest BCUT2D eigenvalue weighted by molar-refractivity contribution is 5.78. The highest BCUT2D eigenvalue weighted by Crippen LogP contribution is 2.30. The molecule has 4 nitrogen and oxygen atoms in total. The zero-order valence-electron chi connectivity index (χ0n) is 13.1. The summed E-state index contributed by atoms with van der Waals surface area (Å²) in [5.74, 6) is 0.471. The zero-order chi connectivity index (χ0) is 16.5. The van der Waals surface area contributed by atoms with Gasteiger partial charge in [0.15, 0.2) is 0 Å². The monoisotopic (exact) mass is 318 g/mol. The van der Waals surface area contributed by atoms with E-state index in [2.05, 4.69) is 10.3 Å². The van der Waals surface area contributed by atoms with Crippen molar-refractivity contribution in [2.45, 2.75) is 6.92 Å². The lowest BCUT2D eigenvalue weighted by Crippen LogP contribution is -1.98. The van der Waals surface area contributed by atoms with E-state index in [9.17, 15) is 4.39 Å². The van der Waals surface area contributed by atoms with Gasteiger partial charge in [0.05, 0.1) is 5.69 Å². The Morgan fingerprint density at radius 3 is 2.75 bits per heavy atom. The molecule has 0 spiro atoms. The highest BCUT2D eigenvalue weighted by atomic mass is 19.1. The van der Waals surface area contributed by atoms with Crippen LogP contribution in [-0.2, 0) is 0 Å². The van der Waals surface area contributed by atoms with Crippen LogP contribution < -0.4 is 5.32 Å². The van der Waals surface area contributed by atoms with Gasteiger partial charge in [-0.2, -0.15) is 0 Å². The highest BCUT2D eigenvalue weighted by Gasteiger charge is 2.15. The Morgan fingerprint density at radius 2 is 1.96 bits per heavy atom. The summed E-state index contributed by atoms with van der Waals surface area (Å²) in [6.07, 6.45) is 3.68. The normalized spacial score (nSPS) is 10.9. The third kappa shape index (κ3) is 2.60. The maximum absolute atomic E-state index is 13.5. The Balaban J connectivity index is 1.91. The zero-order valence-corrected chi connectivity index (χ0v) is 13.1. The minimum absolute atomic E-state index is 0.288. The molecule has 0 radical (unpaired) electrons. The number of hydrogen-bond acceptors (Lipinski definition) is 3. The summed E-state index contributed by atoms with van der Waals surface area (Å²) in [6, 6.07) is 16.1. The summed E-state index contributed by atoms with van der Waals surface area (Å²) in [4.78, 5) is 9.10. The Hall–Kier alpha value is -3.21. The molecule has 0 atom stereocenters. The van der Waals surface area contributed by atoms with E-state index in [1.54, 1.807) is 12.3 Å². The van der Waals surface area contributed by atoms with Gasteiger partial charge in [-0.05, 0) is 55.0 Å². The van der Waals surface area contributed by atoms with E-state index in [4.69, 9.17) is 4.98 Å². The van der Waals surface area contributed by atoms with Gasteiger partial charge in [-0.1, -0.05) is 12.1 Å². The third-order valence-electron chi connectivity index (χ3n) is 3.78. The van der Waals surface area contributed by atoms with E-state index in [1.807, 2.05) is 53.9 Å². The number of rotatable bonds is 3. The molecule has 1 aromatic carbocycles. The van der Waals surface area contributed by atoms with Crippen LogP contribution in [0.3, 0.4) is 0 Å². The third-order valence-corrected chi connectivity index (χ3v) is 3.78. The van der Waals surface area contributed by atoms with Crippen molar-refractivity contribution < 1.29 is 4.39 Å². The summed E-state index contributed by atoms with van der Waals surface area (Å²) >= 11 is 0. The van der Waals surface area contributed by atoms with Crippen molar-refractivity contribution in [2.24, 2.45) is 0 Å². The molecule has 0 bridgehead atoms. The van der Waals surface area contributed by atoms with Crippen molar-refractivity contribution in [3.63, 3.8) is 0 Å². The molecule has 118 valence electrons. The van der Waals surface area contributed by atoms with Crippen molar-refractivity contribution >= 4 is 17.2 Å². The molecule has 0 aliphatic carbocycles. The van der Waals surface area contributed by atoms with Gasteiger partial charge >= 0.3 is 0 Å². The van der Waals surface area contributed by atoms with Gasteiger partial charge in [0.25, 0.3) is 0 Å². The summed E-state index contributed by atoms with van der Waals surface area (Å²) in [5, 5.41) is 3.27. The molecule has 0 aliphatic rings. The number of halogens is 1. The molecule has 0 saturated heterocycles. The predicted octanol–water partition coefficient (Wildman–Crippen LogP) is 4.59. The SMILES string of the molecule is Cc1ccn2c(Nc3cccc(F)c3)c(-c3ccccn3)nc2c1. The van der Waals surface area contributed by atoms with Gasteiger partial charge in [0.2, 0.25) is 0 Å². The van der Waals surface area contributed by atoms with Gasteiger partial charge in [-0.25, -0.2) is 9.37 Å². The van der Waals surface area contributed by atoms with Crippen LogP contribution in [0, 0.1) is 12.7 Å². The van der Waals surface area contributed by atoms with E-state index in [0.717, 1.165) is 28.4 Å². The number of aromatic nitrogens is 3. The lowest BCUT2D eigenvalue weighted by atomic mass is 10.2. The van der Waals surface area contributed by atoms with E-state index < -0.39 is 0 Å². The van der Waals surface area contributed by atoms with Gasteiger partial charge in [-0.15, -0.1) is 0 Å². The molecular weight excluding hydrogens is 303 g/mol. The topological polar surface area (TPSA) is 42.2 Å². The van der Waals surface area contributed by atoms with Gasteiger partial charge in [0, 0.05) is 18.1 Å². The maximum atomic E-state index is 13.5.